The van der Waals surface area contributed by atoms with E-state index in [1.165, 1.54) is 28.6 Å². The number of hydrogen-bond acceptors (Lipinski definition) is 4. The number of rotatable bonds is 4. The Kier molecular flexibility index (Phi) is 5.82. The minimum absolute atomic E-state index is 0.00991. The van der Waals surface area contributed by atoms with Crippen molar-refractivity contribution in [2.24, 2.45) is 0 Å². The van der Waals surface area contributed by atoms with Gasteiger partial charge in [-0.2, -0.15) is 9.57 Å². The highest BCUT2D eigenvalue weighted by atomic mass is 32.2. The van der Waals surface area contributed by atoms with Gasteiger partial charge >= 0.3 is 0 Å². The Labute approximate surface area is 181 Å². The van der Waals surface area contributed by atoms with Crippen LogP contribution >= 0.6 is 0 Å². The van der Waals surface area contributed by atoms with E-state index in [-0.39, 0.29) is 48.4 Å². The smallest absolute Gasteiger partial charge is 0.244 e. The molecule has 6 nitrogen and oxygen atoms in total. The number of piperazine rings is 1. The number of carbonyl (C=O) groups excluding carboxylic acids is 1. The lowest BCUT2D eigenvalue weighted by Crippen LogP contribution is -2.55. The van der Waals surface area contributed by atoms with Crippen LogP contribution in [0.3, 0.4) is 0 Å². The van der Waals surface area contributed by atoms with E-state index in [0.717, 1.165) is 12.8 Å². The zero-order valence-corrected chi connectivity index (χ0v) is 17.9. The molecule has 0 atom stereocenters. The van der Waals surface area contributed by atoms with Crippen molar-refractivity contribution in [2.75, 3.05) is 26.2 Å². The third kappa shape index (κ3) is 3.84. The third-order valence-corrected chi connectivity index (χ3v) is 8.35. The van der Waals surface area contributed by atoms with Crippen LogP contribution in [0.1, 0.15) is 36.8 Å². The first kappa shape index (κ1) is 21.5. The Morgan fingerprint density at radius 1 is 1.00 bits per heavy atom. The third-order valence-electron chi connectivity index (χ3n) is 6.39. The van der Waals surface area contributed by atoms with Gasteiger partial charge in [0.25, 0.3) is 0 Å². The van der Waals surface area contributed by atoms with E-state index >= 15 is 0 Å². The van der Waals surface area contributed by atoms with Gasteiger partial charge in [0.1, 0.15) is 11.9 Å². The van der Waals surface area contributed by atoms with Gasteiger partial charge in [-0.1, -0.05) is 37.1 Å². The number of nitriles is 1. The van der Waals surface area contributed by atoms with Crippen molar-refractivity contribution < 1.29 is 17.6 Å². The summed E-state index contributed by atoms with van der Waals surface area (Å²) in [5, 5.41) is 9.26. The first-order valence-electron chi connectivity index (χ1n) is 10.4. The van der Waals surface area contributed by atoms with Crippen LogP contribution in [-0.2, 0) is 20.2 Å². The summed E-state index contributed by atoms with van der Waals surface area (Å²) in [6.07, 6.45) is 3.15. The standard InChI is InChI=1S/C23H24FN3O3S/c24-20-8-5-7-19(16-20)23(10-3-4-11-23)22(28)26-12-14-27(15-13-26)31(29,30)21-9-2-1-6-18(21)17-25/h1-2,5-9,16H,3-4,10-15H2. The molecule has 1 aliphatic carbocycles. The number of hydrogen-bond donors (Lipinski definition) is 0. The Morgan fingerprint density at radius 3 is 2.32 bits per heavy atom. The van der Waals surface area contributed by atoms with Crippen molar-refractivity contribution >= 4 is 15.9 Å². The van der Waals surface area contributed by atoms with E-state index in [9.17, 15) is 22.9 Å². The average Bonchev–Trinajstić information content (AvgIpc) is 3.30. The van der Waals surface area contributed by atoms with E-state index in [2.05, 4.69) is 0 Å². The molecule has 0 spiro atoms. The maximum Gasteiger partial charge on any atom is 0.244 e. The molecule has 2 aromatic rings. The lowest BCUT2D eigenvalue weighted by molar-refractivity contribution is -0.138. The maximum absolute atomic E-state index is 13.9. The van der Waals surface area contributed by atoms with Gasteiger partial charge in [-0.05, 0) is 42.7 Å². The minimum Gasteiger partial charge on any atom is -0.339 e. The second kappa shape index (κ2) is 8.40. The van der Waals surface area contributed by atoms with Gasteiger partial charge in [0.05, 0.1) is 15.9 Å². The zero-order chi connectivity index (χ0) is 22.1. The minimum atomic E-state index is -3.82. The summed E-state index contributed by atoms with van der Waals surface area (Å²) in [5.41, 5.74) is 0.0707. The molecule has 1 aliphatic heterocycles. The molecule has 1 saturated heterocycles. The second-order valence-electron chi connectivity index (χ2n) is 8.10. The Morgan fingerprint density at radius 2 is 1.68 bits per heavy atom. The molecular weight excluding hydrogens is 417 g/mol. The summed E-state index contributed by atoms with van der Waals surface area (Å²) < 4.78 is 41.3. The number of carbonyl (C=O) groups is 1. The predicted molar refractivity (Wildman–Crippen MR) is 113 cm³/mol. The zero-order valence-electron chi connectivity index (χ0n) is 17.1. The van der Waals surface area contributed by atoms with E-state index in [1.807, 2.05) is 12.1 Å². The Balaban J connectivity index is 1.53. The highest BCUT2D eigenvalue weighted by Crippen LogP contribution is 2.43. The van der Waals surface area contributed by atoms with E-state index in [1.54, 1.807) is 23.1 Å². The van der Waals surface area contributed by atoms with Crippen LogP contribution in [0.2, 0.25) is 0 Å². The maximum atomic E-state index is 13.9. The first-order valence-corrected chi connectivity index (χ1v) is 11.9. The largest absolute Gasteiger partial charge is 0.339 e. The number of benzene rings is 2. The van der Waals surface area contributed by atoms with Crippen LogP contribution in [0.5, 0.6) is 0 Å². The second-order valence-corrected chi connectivity index (χ2v) is 10.0. The monoisotopic (exact) mass is 441 g/mol. The Hall–Kier alpha value is -2.76. The number of sulfonamides is 1. The Bertz CT molecular complexity index is 1130. The first-order chi connectivity index (χ1) is 14.9. The molecule has 31 heavy (non-hydrogen) atoms. The molecule has 0 radical (unpaired) electrons. The van der Waals surface area contributed by atoms with Crippen LogP contribution < -0.4 is 0 Å². The molecule has 0 aromatic heterocycles. The fourth-order valence-electron chi connectivity index (χ4n) is 4.75. The van der Waals surface area contributed by atoms with Crippen LogP contribution in [0.25, 0.3) is 0 Å². The molecule has 0 N–H and O–H groups in total. The highest BCUT2D eigenvalue weighted by Gasteiger charge is 2.46. The van der Waals surface area contributed by atoms with Crippen molar-refractivity contribution in [1.82, 2.24) is 9.21 Å². The number of nitrogens with zero attached hydrogens (tertiary/aromatic N) is 3. The normalized spacial score (nSPS) is 19.2. The molecule has 2 aliphatic rings. The van der Waals surface area contributed by atoms with Gasteiger partial charge < -0.3 is 4.90 Å². The quantitative estimate of drug-likeness (QED) is 0.730. The van der Waals surface area contributed by atoms with Crippen LogP contribution in [0.4, 0.5) is 4.39 Å². The topological polar surface area (TPSA) is 81.5 Å². The molecule has 0 unspecified atom stereocenters. The number of amides is 1. The molecule has 2 aromatic carbocycles. The highest BCUT2D eigenvalue weighted by molar-refractivity contribution is 7.89. The fourth-order valence-corrected chi connectivity index (χ4v) is 6.31. The van der Waals surface area contributed by atoms with E-state index in [0.29, 0.717) is 18.4 Å². The molecule has 1 amide bonds. The van der Waals surface area contributed by atoms with Crippen molar-refractivity contribution in [3.8, 4) is 6.07 Å². The molecule has 2 fully saturated rings. The van der Waals surface area contributed by atoms with Gasteiger partial charge in [0.15, 0.2) is 0 Å². The number of halogens is 1. The average molecular weight is 442 g/mol. The summed E-state index contributed by atoms with van der Waals surface area (Å²) in [4.78, 5) is 15.3. The molecule has 8 heteroatoms. The van der Waals surface area contributed by atoms with Gasteiger partial charge in [-0.3, -0.25) is 4.79 Å². The van der Waals surface area contributed by atoms with Crippen LogP contribution in [-0.4, -0.2) is 49.7 Å². The van der Waals surface area contributed by atoms with Crippen molar-refractivity contribution in [3.05, 3.63) is 65.5 Å². The van der Waals surface area contributed by atoms with Crippen molar-refractivity contribution in [3.63, 3.8) is 0 Å². The lowest BCUT2D eigenvalue weighted by Gasteiger charge is -2.39. The van der Waals surface area contributed by atoms with Crippen molar-refractivity contribution in [2.45, 2.75) is 36.0 Å². The summed E-state index contributed by atoms with van der Waals surface area (Å²) in [6.45, 7) is 0.855. The molecule has 162 valence electrons. The van der Waals surface area contributed by atoms with Gasteiger partial charge in [0.2, 0.25) is 15.9 Å². The van der Waals surface area contributed by atoms with Crippen LogP contribution in [0, 0.1) is 17.1 Å². The SMILES string of the molecule is N#Cc1ccccc1S(=O)(=O)N1CCN(C(=O)C2(c3cccc(F)c3)CCCC2)CC1. The van der Waals surface area contributed by atoms with Crippen molar-refractivity contribution in [1.29, 1.82) is 5.26 Å². The molecule has 1 heterocycles. The summed E-state index contributed by atoms with van der Waals surface area (Å²) in [6, 6.07) is 14.3. The molecule has 0 bridgehead atoms. The lowest BCUT2D eigenvalue weighted by atomic mass is 9.77. The van der Waals surface area contributed by atoms with Gasteiger partial charge in [-0.15, -0.1) is 0 Å². The molecule has 4 rings (SSSR count). The molecule has 1 saturated carbocycles. The fraction of sp³-hybridized carbons (Fsp3) is 0.391. The van der Waals surface area contributed by atoms with E-state index < -0.39 is 15.4 Å². The predicted octanol–water partition coefficient (Wildman–Crippen LogP) is 3.04. The summed E-state index contributed by atoms with van der Waals surface area (Å²) in [5.74, 6) is -0.409. The summed E-state index contributed by atoms with van der Waals surface area (Å²) in [7, 11) is -3.82. The van der Waals surface area contributed by atoms with Crippen LogP contribution in [0.15, 0.2) is 53.4 Å². The molecular formula is C23H24FN3O3S. The summed E-state index contributed by atoms with van der Waals surface area (Å²) >= 11 is 0. The van der Waals surface area contributed by atoms with E-state index in [4.69, 9.17) is 0 Å². The van der Waals surface area contributed by atoms with Gasteiger partial charge in [0, 0.05) is 26.2 Å². The van der Waals surface area contributed by atoms with Gasteiger partial charge in [-0.25, -0.2) is 12.8 Å².